The molecule has 5 nitrogen and oxygen atoms in total. The highest BCUT2D eigenvalue weighted by atomic mass is 19.4. The first-order valence-corrected chi connectivity index (χ1v) is 6.22. The molecule has 0 bridgehead atoms. The van der Waals surface area contributed by atoms with Crippen LogP contribution in [0.15, 0.2) is 30.6 Å². The van der Waals surface area contributed by atoms with Crippen molar-refractivity contribution < 1.29 is 13.2 Å². The minimum atomic E-state index is -4.43. The van der Waals surface area contributed by atoms with Gasteiger partial charge in [-0.15, -0.1) is 0 Å². The van der Waals surface area contributed by atoms with Crippen LogP contribution in [0.4, 0.5) is 18.9 Å². The molecule has 0 saturated carbocycles. The summed E-state index contributed by atoms with van der Waals surface area (Å²) in [6.07, 6.45) is -0.743. The first-order chi connectivity index (χ1) is 9.82. The van der Waals surface area contributed by atoms with E-state index in [1.807, 2.05) is 0 Å². The van der Waals surface area contributed by atoms with E-state index in [-0.39, 0.29) is 5.69 Å². The van der Waals surface area contributed by atoms with Crippen LogP contribution in [-0.4, -0.2) is 9.55 Å². The van der Waals surface area contributed by atoms with Gasteiger partial charge in [0.1, 0.15) is 5.82 Å². The molecule has 0 amide bonds. The Morgan fingerprint density at radius 3 is 2.62 bits per heavy atom. The number of nitrogen functional groups attached to an aromatic ring is 1. The SMILES string of the molecule is Cn1ccnc1CC(NN)c1cc(C(F)(F)F)ccc1N. The van der Waals surface area contributed by atoms with E-state index < -0.39 is 17.8 Å². The van der Waals surface area contributed by atoms with Crippen LogP contribution >= 0.6 is 0 Å². The zero-order chi connectivity index (χ0) is 15.6. The fourth-order valence-corrected chi connectivity index (χ4v) is 2.09. The largest absolute Gasteiger partial charge is 0.416 e. The van der Waals surface area contributed by atoms with Crippen LogP contribution in [0.25, 0.3) is 0 Å². The molecule has 1 heterocycles. The molecular formula is C13H16F3N5. The lowest BCUT2D eigenvalue weighted by Gasteiger charge is -2.19. The number of nitrogens with one attached hydrogen (secondary N) is 1. The molecule has 114 valence electrons. The zero-order valence-electron chi connectivity index (χ0n) is 11.4. The molecule has 1 atom stereocenters. The number of imidazole rings is 1. The summed E-state index contributed by atoms with van der Waals surface area (Å²) in [4.78, 5) is 4.13. The quantitative estimate of drug-likeness (QED) is 0.456. The molecule has 8 heteroatoms. The fourth-order valence-electron chi connectivity index (χ4n) is 2.09. The number of aromatic nitrogens is 2. The molecule has 2 rings (SSSR count). The maximum atomic E-state index is 12.8. The van der Waals surface area contributed by atoms with E-state index in [1.165, 1.54) is 6.07 Å². The summed E-state index contributed by atoms with van der Waals surface area (Å²) in [7, 11) is 1.80. The molecule has 0 fully saturated rings. The van der Waals surface area contributed by atoms with Crippen molar-refractivity contribution in [3.8, 4) is 0 Å². The highest BCUT2D eigenvalue weighted by molar-refractivity contribution is 5.51. The van der Waals surface area contributed by atoms with E-state index in [4.69, 9.17) is 11.6 Å². The maximum absolute atomic E-state index is 12.8. The molecule has 0 radical (unpaired) electrons. The monoisotopic (exact) mass is 299 g/mol. The second-order valence-corrected chi connectivity index (χ2v) is 4.72. The van der Waals surface area contributed by atoms with Gasteiger partial charge >= 0.3 is 6.18 Å². The maximum Gasteiger partial charge on any atom is 0.416 e. The lowest BCUT2D eigenvalue weighted by Crippen LogP contribution is -2.31. The van der Waals surface area contributed by atoms with Crippen LogP contribution in [0.1, 0.15) is 23.0 Å². The Labute approximate surface area is 119 Å². The average molecular weight is 299 g/mol. The van der Waals surface area contributed by atoms with E-state index in [2.05, 4.69) is 10.4 Å². The first kappa shape index (κ1) is 15.3. The third kappa shape index (κ3) is 3.34. The minimum absolute atomic E-state index is 0.250. The summed E-state index contributed by atoms with van der Waals surface area (Å²) in [5, 5.41) is 0. The van der Waals surface area contributed by atoms with Gasteiger partial charge in [-0.2, -0.15) is 13.2 Å². The number of benzene rings is 1. The molecule has 1 aromatic heterocycles. The number of hydrogen-bond acceptors (Lipinski definition) is 4. The van der Waals surface area contributed by atoms with Gasteiger partial charge in [-0.25, -0.2) is 4.98 Å². The molecule has 0 aliphatic rings. The molecule has 0 aliphatic heterocycles. The van der Waals surface area contributed by atoms with Gasteiger partial charge in [0, 0.05) is 31.5 Å². The number of aryl methyl sites for hydroxylation is 1. The summed E-state index contributed by atoms with van der Waals surface area (Å²) in [5.74, 6) is 6.17. The summed E-state index contributed by atoms with van der Waals surface area (Å²) < 4.78 is 40.2. The number of hydrogen-bond donors (Lipinski definition) is 3. The van der Waals surface area contributed by atoms with Gasteiger partial charge in [-0.05, 0) is 23.8 Å². The van der Waals surface area contributed by atoms with Crippen LogP contribution in [-0.2, 0) is 19.6 Å². The van der Waals surface area contributed by atoms with E-state index in [0.717, 1.165) is 12.1 Å². The molecule has 2 aromatic rings. The predicted octanol–water partition coefficient (Wildman–Crippen LogP) is 1.77. The molecule has 1 unspecified atom stereocenters. The molecule has 0 spiro atoms. The highest BCUT2D eigenvalue weighted by Crippen LogP contribution is 2.33. The normalized spacial score (nSPS) is 13.4. The Morgan fingerprint density at radius 2 is 2.10 bits per heavy atom. The summed E-state index contributed by atoms with van der Waals surface area (Å²) in [6, 6.07) is 2.64. The van der Waals surface area contributed by atoms with E-state index in [0.29, 0.717) is 17.8 Å². The molecule has 21 heavy (non-hydrogen) atoms. The Hall–Kier alpha value is -2.06. The summed E-state index contributed by atoms with van der Waals surface area (Å²) in [6.45, 7) is 0. The van der Waals surface area contributed by atoms with Crippen molar-refractivity contribution in [2.45, 2.75) is 18.6 Å². The number of rotatable bonds is 4. The molecular weight excluding hydrogens is 283 g/mol. The third-order valence-electron chi connectivity index (χ3n) is 3.30. The number of anilines is 1. The van der Waals surface area contributed by atoms with Gasteiger partial charge in [-0.1, -0.05) is 0 Å². The number of alkyl halides is 3. The summed E-state index contributed by atoms with van der Waals surface area (Å²) >= 11 is 0. The van der Waals surface area contributed by atoms with Crippen molar-refractivity contribution in [3.63, 3.8) is 0 Å². The van der Waals surface area contributed by atoms with E-state index in [9.17, 15) is 13.2 Å². The average Bonchev–Trinajstić information content (AvgIpc) is 2.81. The van der Waals surface area contributed by atoms with Crippen molar-refractivity contribution >= 4 is 5.69 Å². The predicted molar refractivity (Wildman–Crippen MR) is 72.8 cm³/mol. The lowest BCUT2D eigenvalue weighted by molar-refractivity contribution is -0.137. The van der Waals surface area contributed by atoms with Crippen LogP contribution < -0.4 is 17.0 Å². The van der Waals surface area contributed by atoms with Gasteiger partial charge in [0.05, 0.1) is 11.6 Å². The minimum Gasteiger partial charge on any atom is -0.398 e. The number of nitrogens with zero attached hydrogens (tertiary/aromatic N) is 2. The number of hydrazine groups is 1. The van der Waals surface area contributed by atoms with Gasteiger partial charge in [0.2, 0.25) is 0 Å². The molecule has 1 aromatic carbocycles. The lowest BCUT2D eigenvalue weighted by atomic mass is 9.99. The van der Waals surface area contributed by atoms with Crippen molar-refractivity contribution in [3.05, 3.63) is 47.5 Å². The smallest absolute Gasteiger partial charge is 0.398 e. The molecule has 5 N–H and O–H groups in total. The van der Waals surface area contributed by atoms with Crippen LogP contribution in [0.3, 0.4) is 0 Å². The summed E-state index contributed by atoms with van der Waals surface area (Å²) in [5.41, 5.74) is 8.08. The van der Waals surface area contributed by atoms with Crippen LogP contribution in [0.5, 0.6) is 0 Å². The van der Waals surface area contributed by atoms with Gasteiger partial charge in [-0.3, -0.25) is 11.3 Å². The third-order valence-corrected chi connectivity index (χ3v) is 3.30. The van der Waals surface area contributed by atoms with Crippen molar-refractivity contribution in [2.24, 2.45) is 12.9 Å². The van der Waals surface area contributed by atoms with Crippen molar-refractivity contribution in [1.82, 2.24) is 15.0 Å². The van der Waals surface area contributed by atoms with E-state index in [1.54, 1.807) is 24.0 Å². The number of halogens is 3. The second kappa shape index (κ2) is 5.74. The zero-order valence-corrected chi connectivity index (χ0v) is 11.4. The highest BCUT2D eigenvalue weighted by Gasteiger charge is 2.31. The van der Waals surface area contributed by atoms with E-state index >= 15 is 0 Å². The van der Waals surface area contributed by atoms with Crippen molar-refractivity contribution in [1.29, 1.82) is 0 Å². The Morgan fingerprint density at radius 1 is 1.38 bits per heavy atom. The van der Waals surface area contributed by atoms with Gasteiger partial charge in [0.25, 0.3) is 0 Å². The topological polar surface area (TPSA) is 81.9 Å². The van der Waals surface area contributed by atoms with Crippen LogP contribution in [0.2, 0.25) is 0 Å². The standard InChI is InChI=1S/C13H16F3N5/c1-21-5-4-19-12(21)7-11(20-18)9-6-8(13(14,15)16)2-3-10(9)17/h2-6,11,20H,7,17-18H2,1H3. The molecule has 0 saturated heterocycles. The molecule has 0 aliphatic carbocycles. The van der Waals surface area contributed by atoms with Gasteiger partial charge in [0.15, 0.2) is 0 Å². The van der Waals surface area contributed by atoms with Crippen molar-refractivity contribution in [2.75, 3.05) is 5.73 Å². The fraction of sp³-hybridized carbons (Fsp3) is 0.308. The Balaban J connectivity index is 2.35. The first-order valence-electron chi connectivity index (χ1n) is 6.22. The Kier molecular flexibility index (Phi) is 4.19. The van der Waals surface area contributed by atoms with Crippen LogP contribution in [0, 0.1) is 0 Å². The number of nitrogens with two attached hydrogens (primary N) is 2. The second-order valence-electron chi connectivity index (χ2n) is 4.72. The van der Waals surface area contributed by atoms with Gasteiger partial charge < -0.3 is 10.3 Å². The Bertz CT molecular complexity index is 621.